The highest BCUT2D eigenvalue weighted by Gasteiger charge is 2.22. The van der Waals surface area contributed by atoms with E-state index in [1.807, 2.05) is 0 Å². The number of unbranched alkanes of at least 4 members (excludes halogenated alkanes) is 1. The third-order valence-electron chi connectivity index (χ3n) is 2.31. The predicted octanol–water partition coefficient (Wildman–Crippen LogP) is 1.55. The molecule has 0 spiro atoms. The van der Waals surface area contributed by atoms with E-state index in [4.69, 9.17) is 4.74 Å². The molecule has 0 heterocycles. The van der Waals surface area contributed by atoms with Gasteiger partial charge in [-0.25, -0.2) is 0 Å². The Morgan fingerprint density at radius 2 is 2.00 bits per heavy atom. The molecule has 14 heavy (non-hydrogen) atoms. The van der Waals surface area contributed by atoms with Crippen LogP contribution in [0, 0.1) is 0 Å². The van der Waals surface area contributed by atoms with Gasteiger partial charge in [-0.3, -0.25) is 0 Å². The monoisotopic (exact) mass is 203 g/mol. The first kappa shape index (κ1) is 13.9. The van der Waals surface area contributed by atoms with Crippen LogP contribution in [0.5, 0.6) is 0 Å². The van der Waals surface area contributed by atoms with Crippen molar-refractivity contribution in [1.82, 2.24) is 5.32 Å². The Morgan fingerprint density at radius 1 is 1.36 bits per heavy atom. The molecule has 1 atom stereocenters. The molecule has 0 saturated heterocycles. The molecule has 0 aromatic carbocycles. The van der Waals surface area contributed by atoms with Crippen LogP contribution in [0.2, 0.25) is 0 Å². The van der Waals surface area contributed by atoms with Crippen molar-refractivity contribution in [2.24, 2.45) is 0 Å². The molecule has 0 bridgehead atoms. The summed E-state index contributed by atoms with van der Waals surface area (Å²) in [6.45, 7) is 7.27. The Labute approximate surface area is 87.8 Å². The van der Waals surface area contributed by atoms with E-state index in [2.05, 4.69) is 26.1 Å². The zero-order valence-electron chi connectivity index (χ0n) is 9.97. The Kier molecular flexibility index (Phi) is 7.15. The van der Waals surface area contributed by atoms with E-state index in [0.29, 0.717) is 6.04 Å². The van der Waals surface area contributed by atoms with E-state index in [-0.39, 0.29) is 12.1 Å². The SMILES string of the molecule is COCCCCC(C)(CO)NC(C)C. The standard InChI is InChI=1S/C11H25NO2/c1-10(2)12-11(3,9-13)7-5-6-8-14-4/h10,12-13H,5-9H2,1-4H3. The Hall–Kier alpha value is -0.120. The topological polar surface area (TPSA) is 41.5 Å². The maximum atomic E-state index is 9.30. The lowest BCUT2D eigenvalue weighted by molar-refractivity contribution is 0.145. The minimum absolute atomic E-state index is 0.137. The highest BCUT2D eigenvalue weighted by Crippen LogP contribution is 2.14. The maximum Gasteiger partial charge on any atom is 0.0610 e. The van der Waals surface area contributed by atoms with E-state index in [0.717, 1.165) is 25.9 Å². The molecular formula is C11H25NO2. The van der Waals surface area contributed by atoms with Crippen molar-refractivity contribution < 1.29 is 9.84 Å². The molecule has 0 aromatic heterocycles. The summed E-state index contributed by atoms with van der Waals surface area (Å²) in [5.41, 5.74) is -0.137. The van der Waals surface area contributed by atoms with Crippen molar-refractivity contribution in [3.8, 4) is 0 Å². The number of methoxy groups -OCH3 is 1. The van der Waals surface area contributed by atoms with Crippen LogP contribution >= 0.6 is 0 Å². The number of aliphatic hydroxyl groups is 1. The summed E-state index contributed by atoms with van der Waals surface area (Å²) in [6, 6.07) is 0.412. The highest BCUT2D eigenvalue weighted by atomic mass is 16.5. The van der Waals surface area contributed by atoms with Gasteiger partial charge in [0.2, 0.25) is 0 Å². The third-order valence-corrected chi connectivity index (χ3v) is 2.31. The minimum Gasteiger partial charge on any atom is -0.394 e. The highest BCUT2D eigenvalue weighted by molar-refractivity contribution is 4.83. The van der Waals surface area contributed by atoms with Gasteiger partial charge in [-0.15, -0.1) is 0 Å². The molecule has 0 rings (SSSR count). The molecule has 0 aromatic rings. The summed E-state index contributed by atoms with van der Waals surface area (Å²) in [4.78, 5) is 0. The van der Waals surface area contributed by atoms with Crippen LogP contribution < -0.4 is 5.32 Å². The molecule has 0 aliphatic heterocycles. The normalized spacial score (nSPS) is 15.9. The number of hydrogen-bond acceptors (Lipinski definition) is 3. The Morgan fingerprint density at radius 3 is 2.43 bits per heavy atom. The minimum atomic E-state index is -0.137. The van der Waals surface area contributed by atoms with Crippen LogP contribution in [0.1, 0.15) is 40.0 Å². The van der Waals surface area contributed by atoms with Gasteiger partial charge in [-0.2, -0.15) is 0 Å². The van der Waals surface area contributed by atoms with Gasteiger partial charge in [0.25, 0.3) is 0 Å². The molecule has 1 unspecified atom stereocenters. The van der Waals surface area contributed by atoms with Gasteiger partial charge in [-0.1, -0.05) is 13.8 Å². The summed E-state index contributed by atoms with van der Waals surface area (Å²) in [5.74, 6) is 0. The molecule has 0 saturated carbocycles. The van der Waals surface area contributed by atoms with Crippen LogP contribution in [0.15, 0.2) is 0 Å². The van der Waals surface area contributed by atoms with Gasteiger partial charge in [0, 0.05) is 25.3 Å². The smallest absolute Gasteiger partial charge is 0.0610 e. The van der Waals surface area contributed by atoms with Gasteiger partial charge in [0.1, 0.15) is 0 Å². The summed E-state index contributed by atoms with van der Waals surface area (Å²) >= 11 is 0. The van der Waals surface area contributed by atoms with Crippen molar-refractivity contribution in [3.63, 3.8) is 0 Å². The summed E-state index contributed by atoms with van der Waals surface area (Å²) in [7, 11) is 1.72. The number of rotatable bonds is 8. The van der Waals surface area contributed by atoms with Crippen molar-refractivity contribution in [1.29, 1.82) is 0 Å². The van der Waals surface area contributed by atoms with Crippen LogP contribution in [0.25, 0.3) is 0 Å². The first-order chi connectivity index (χ1) is 6.54. The summed E-state index contributed by atoms with van der Waals surface area (Å²) in [6.07, 6.45) is 3.14. The predicted molar refractivity (Wildman–Crippen MR) is 59.5 cm³/mol. The van der Waals surface area contributed by atoms with Crippen LogP contribution in [-0.2, 0) is 4.74 Å². The first-order valence-corrected chi connectivity index (χ1v) is 5.41. The average Bonchev–Trinajstić information content (AvgIpc) is 2.11. The van der Waals surface area contributed by atoms with Crippen molar-refractivity contribution in [2.45, 2.75) is 51.6 Å². The molecule has 0 amide bonds. The lowest BCUT2D eigenvalue weighted by Crippen LogP contribution is -2.49. The van der Waals surface area contributed by atoms with Crippen molar-refractivity contribution >= 4 is 0 Å². The van der Waals surface area contributed by atoms with Gasteiger partial charge < -0.3 is 15.2 Å². The van der Waals surface area contributed by atoms with E-state index < -0.39 is 0 Å². The molecule has 0 aliphatic rings. The quantitative estimate of drug-likeness (QED) is 0.588. The van der Waals surface area contributed by atoms with E-state index >= 15 is 0 Å². The number of hydrogen-bond donors (Lipinski definition) is 2. The van der Waals surface area contributed by atoms with E-state index in [1.165, 1.54) is 0 Å². The molecule has 86 valence electrons. The lowest BCUT2D eigenvalue weighted by Gasteiger charge is -2.31. The second kappa shape index (κ2) is 7.21. The van der Waals surface area contributed by atoms with Crippen molar-refractivity contribution in [3.05, 3.63) is 0 Å². The van der Waals surface area contributed by atoms with Gasteiger partial charge >= 0.3 is 0 Å². The second-order valence-electron chi connectivity index (χ2n) is 4.47. The molecule has 3 heteroatoms. The number of ether oxygens (including phenoxy) is 1. The summed E-state index contributed by atoms with van der Waals surface area (Å²) < 4.78 is 4.99. The maximum absolute atomic E-state index is 9.30. The zero-order valence-corrected chi connectivity index (χ0v) is 9.97. The number of nitrogens with one attached hydrogen (secondary N) is 1. The fraction of sp³-hybridized carbons (Fsp3) is 1.00. The lowest BCUT2D eigenvalue weighted by atomic mass is 9.95. The van der Waals surface area contributed by atoms with E-state index in [9.17, 15) is 5.11 Å². The fourth-order valence-corrected chi connectivity index (χ4v) is 1.66. The molecular weight excluding hydrogens is 178 g/mol. The van der Waals surface area contributed by atoms with Gasteiger partial charge in [-0.05, 0) is 26.2 Å². The van der Waals surface area contributed by atoms with Crippen LogP contribution in [-0.4, -0.2) is 37.0 Å². The van der Waals surface area contributed by atoms with Crippen LogP contribution in [0.3, 0.4) is 0 Å². The largest absolute Gasteiger partial charge is 0.394 e. The fourth-order valence-electron chi connectivity index (χ4n) is 1.66. The average molecular weight is 203 g/mol. The second-order valence-corrected chi connectivity index (χ2v) is 4.47. The van der Waals surface area contributed by atoms with E-state index in [1.54, 1.807) is 7.11 Å². The Bertz CT molecular complexity index is 139. The summed E-state index contributed by atoms with van der Waals surface area (Å²) in [5, 5.41) is 12.7. The molecule has 2 N–H and O–H groups in total. The van der Waals surface area contributed by atoms with Gasteiger partial charge in [0.05, 0.1) is 6.61 Å². The molecule has 0 fully saturated rings. The first-order valence-electron chi connectivity index (χ1n) is 5.41. The zero-order chi connectivity index (χ0) is 11.0. The number of aliphatic hydroxyl groups excluding tert-OH is 1. The molecule has 3 nitrogen and oxygen atoms in total. The third kappa shape index (κ3) is 6.35. The van der Waals surface area contributed by atoms with Gasteiger partial charge in [0.15, 0.2) is 0 Å². The Balaban J connectivity index is 3.75. The van der Waals surface area contributed by atoms with Crippen LogP contribution in [0.4, 0.5) is 0 Å². The molecule has 0 radical (unpaired) electrons. The van der Waals surface area contributed by atoms with Crippen molar-refractivity contribution in [2.75, 3.05) is 20.3 Å². The molecule has 0 aliphatic carbocycles.